The lowest BCUT2D eigenvalue weighted by molar-refractivity contribution is 0.0190. The predicted octanol–water partition coefficient (Wildman–Crippen LogP) is 1.38. The molecule has 0 aliphatic carbocycles. The van der Waals surface area contributed by atoms with Crippen molar-refractivity contribution in [2.45, 2.75) is 33.4 Å². The standard InChI is InChI=1S/C9H20N2/c1-4-10(5-2)9(3)11-7-6-8-11/h9H,4-8H2,1-3H3. The molecule has 66 valence electrons. The van der Waals surface area contributed by atoms with Crippen LogP contribution < -0.4 is 0 Å². The summed E-state index contributed by atoms with van der Waals surface area (Å²) in [4.78, 5) is 5.03. The zero-order valence-electron chi connectivity index (χ0n) is 8.01. The van der Waals surface area contributed by atoms with Gasteiger partial charge in [0, 0.05) is 13.1 Å². The van der Waals surface area contributed by atoms with E-state index in [-0.39, 0.29) is 0 Å². The molecule has 1 fully saturated rings. The van der Waals surface area contributed by atoms with Gasteiger partial charge < -0.3 is 0 Å². The molecule has 1 unspecified atom stereocenters. The Morgan fingerprint density at radius 1 is 1.27 bits per heavy atom. The van der Waals surface area contributed by atoms with Crippen molar-refractivity contribution in [2.24, 2.45) is 0 Å². The van der Waals surface area contributed by atoms with Crippen LogP contribution in [0.4, 0.5) is 0 Å². The highest BCUT2D eigenvalue weighted by molar-refractivity contribution is 4.74. The third-order valence-corrected chi connectivity index (χ3v) is 2.76. The molecular weight excluding hydrogens is 136 g/mol. The lowest BCUT2D eigenvalue weighted by Gasteiger charge is -2.41. The fraction of sp³-hybridized carbons (Fsp3) is 1.00. The first-order chi connectivity index (χ1) is 5.29. The maximum absolute atomic E-state index is 2.53. The molecule has 0 aromatic rings. The third kappa shape index (κ3) is 1.94. The van der Waals surface area contributed by atoms with E-state index in [2.05, 4.69) is 30.6 Å². The van der Waals surface area contributed by atoms with Crippen LogP contribution in [0.1, 0.15) is 27.2 Å². The van der Waals surface area contributed by atoms with E-state index in [9.17, 15) is 0 Å². The minimum atomic E-state index is 0.666. The van der Waals surface area contributed by atoms with Gasteiger partial charge >= 0.3 is 0 Å². The number of nitrogens with zero attached hydrogens (tertiary/aromatic N) is 2. The molecule has 0 amide bonds. The minimum Gasteiger partial charge on any atom is -0.289 e. The van der Waals surface area contributed by atoms with Gasteiger partial charge in [0.05, 0.1) is 6.17 Å². The van der Waals surface area contributed by atoms with Gasteiger partial charge in [0.15, 0.2) is 0 Å². The van der Waals surface area contributed by atoms with Gasteiger partial charge in [0.2, 0.25) is 0 Å². The molecule has 2 heteroatoms. The smallest absolute Gasteiger partial charge is 0.0593 e. The summed E-state index contributed by atoms with van der Waals surface area (Å²) < 4.78 is 0. The van der Waals surface area contributed by atoms with E-state index in [4.69, 9.17) is 0 Å². The SMILES string of the molecule is CCN(CC)C(C)N1CCC1. The largest absolute Gasteiger partial charge is 0.289 e. The fourth-order valence-electron chi connectivity index (χ4n) is 1.70. The van der Waals surface area contributed by atoms with E-state index in [1.165, 1.54) is 32.6 Å². The lowest BCUT2D eigenvalue weighted by Crippen LogP contribution is -2.52. The maximum Gasteiger partial charge on any atom is 0.0593 e. The van der Waals surface area contributed by atoms with Crippen LogP contribution >= 0.6 is 0 Å². The van der Waals surface area contributed by atoms with Crippen LogP contribution in [0.5, 0.6) is 0 Å². The van der Waals surface area contributed by atoms with Crippen LogP contribution in [0.25, 0.3) is 0 Å². The predicted molar refractivity (Wildman–Crippen MR) is 48.6 cm³/mol. The number of rotatable bonds is 4. The zero-order chi connectivity index (χ0) is 8.27. The van der Waals surface area contributed by atoms with Gasteiger partial charge in [-0.05, 0) is 26.4 Å². The highest BCUT2D eigenvalue weighted by Gasteiger charge is 2.23. The first-order valence-corrected chi connectivity index (χ1v) is 4.77. The number of hydrogen-bond acceptors (Lipinski definition) is 2. The molecule has 1 atom stereocenters. The van der Waals surface area contributed by atoms with Crippen LogP contribution in [-0.2, 0) is 0 Å². The van der Waals surface area contributed by atoms with Gasteiger partial charge in [0.1, 0.15) is 0 Å². The van der Waals surface area contributed by atoms with E-state index >= 15 is 0 Å². The van der Waals surface area contributed by atoms with Gasteiger partial charge in [-0.1, -0.05) is 13.8 Å². The summed E-state index contributed by atoms with van der Waals surface area (Å²) in [7, 11) is 0. The topological polar surface area (TPSA) is 6.48 Å². The molecule has 1 aliphatic rings. The Kier molecular flexibility index (Phi) is 3.34. The molecule has 1 heterocycles. The monoisotopic (exact) mass is 156 g/mol. The molecule has 1 rings (SSSR count). The maximum atomic E-state index is 2.53. The average Bonchev–Trinajstić information content (AvgIpc) is 1.86. The molecule has 2 nitrogen and oxygen atoms in total. The van der Waals surface area contributed by atoms with Crippen LogP contribution in [0.15, 0.2) is 0 Å². The van der Waals surface area contributed by atoms with Crippen LogP contribution in [-0.4, -0.2) is 42.1 Å². The van der Waals surface area contributed by atoms with Crippen molar-refractivity contribution in [1.82, 2.24) is 9.80 Å². The van der Waals surface area contributed by atoms with Crippen molar-refractivity contribution in [1.29, 1.82) is 0 Å². The van der Waals surface area contributed by atoms with E-state index in [0.717, 1.165) is 0 Å². The molecule has 0 radical (unpaired) electrons. The second kappa shape index (κ2) is 4.07. The normalized spacial score (nSPS) is 21.8. The summed E-state index contributed by atoms with van der Waals surface area (Å²) in [5.41, 5.74) is 0. The molecule has 0 aromatic carbocycles. The summed E-state index contributed by atoms with van der Waals surface area (Å²) in [6.07, 6.45) is 2.06. The van der Waals surface area contributed by atoms with Gasteiger partial charge in [-0.2, -0.15) is 0 Å². The second-order valence-corrected chi connectivity index (χ2v) is 3.24. The molecule has 1 saturated heterocycles. The molecule has 0 N–H and O–H groups in total. The average molecular weight is 156 g/mol. The van der Waals surface area contributed by atoms with Crippen LogP contribution in [0, 0.1) is 0 Å². The Morgan fingerprint density at radius 2 is 1.82 bits per heavy atom. The van der Waals surface area contributed by atoms with E-state index in [1.54, 1.807) is 0 Å². The zero-order valence-corrected chi connectivity index (χ0v) is 8.01. The summed E-state index contributed by atoms with van der Waals surface area (Å²) in [5.74, 6) is 0. The van der Waals surface area contributed by atoms with Crippen molar-refractivity contribution >= 4 is 0 Å². The Balaban J connectivity index is 2.30. The summed E-state index contributed by atoms with van der Waals surface area (Å²) in [6, 6.07) is 0. The molecule has 0 aromatic heterocycles. The van der Waals surface area contributed by atoms with Crippen LogP contribution in [0.3, 0.4) is 0 Å². The van der Waals surface area contributed by atoms with E-state index in [1.807, 2.05) is 0 Å². The molecule has 11 heavy (non-hydrogen) atoms. The van der Waals surface area contributed by atoms with Crippen molar-refractivity contribution in [3.63, 3.8) is 0 Å². The Labute approximate surface area is 70.2 Å². The summed E-state index contributed by atoms with van der Waals surface area (Å²) in [6.45, 7) is 11.7. The number of hydrogen-bond donors (Lipinski definition) is 0. The Bertz CT molecular complexity index is 106. The molecule has 0 bridgehead atoms. The first-order valence-electron chi connectivity index (χ1n) is 4.77. The second-order valence-electron chi connectivity index (χ2n) is 3.24. The van der Waals surface area contributed by atoms with E-state index < -0.39 is 0 Å². The van der Waals surface area contributed by atoms with Crippen molar-refractivity contribution in [3.8, 4) is 0 Å². The van der Waals surface area contributed by atoms with Gasteiger partial charge in [0.25, 0.3) is 0 Å². The van der Waals surface area contributed by atoms with Gasteiger partial charge in [-0.25, -0.2) is 0 Å². The first kappa shape index (κ1) is 9.01. The van der Waals surface area contributed by atoms with Crippen molar-refractivity contribution in [2.75, 3.05) is 26.2 Å². The summed E-state index contributed by atoms with van der Waals surface area (Å²) >= 11 is 0. The van der Waals surface area contributed by atoms with Gasteiger partial charge in [-0.15, -0.1) is 0 Å². The summed E-state index contributed by atoms with van der Waals surface area (Å²) in [5, 5.41) is 0. The highest BCUT2D eigenvalue weighted by Crippen LogP contribution is 2.13. The molecule has 1 aliphatic heterocycles. The van der Waals surface area contributed by atoms with Crippen molar-refractivity contribution < 1.29 is 0 Å². The molecule has 0 saturated carbocycles. The van der Waals surface area contributed by atoms with E-state index in [0.29, 0.717) is 6.17 Å². The quantitative estimate of drug-likeness (QED) is 0.607. The fourth-order valence-corrected chi connectivity index (χ4v) is 1.70. The van der Waals surface area contributed by atoms with Gasteiger partial charge in [-0.3, -0.25) is 9.80 Å². The third-order valence-electron chi connectivity index (χ3n) is 2.76. The number of likely N-dealkylation sites (tertiary alicyclic amines) is 1. The molecular formula is C9H20N2. The highest BCUT2D eigenvalue weighted by atomic mass is 15.4. The Morgan fingerprint density at radius 3 is 2.09 bits per heavy atom. The van der Waals surface area contributed by atoms with Crippen molar-refractivity contribution in [3.05, 3.63) is 0 Å². The molecule has 0 spiro atoms. The van der Waals surface area contributed by atoms with Crippen LogP contribution in [0.2, 0.25) is 0 Å². The minimum absolute atomic E-state index is 0.666. The lowest BCUT2D eigenvalue weighted by atomic mass is 10.2. The Hall–Kier alpha value is -0.0800.